The third-order valence-electron chi connectivity index (χ3n) is 4.72. The van der Waals surface area contributed by atoms with Gasteiger partial charge in [-0.15, -0.1) is 24.9 Å². The normalized spacial score (nSPS) is 12.3. The van der Waals surface area contributed by atoms with Crippen molar-refractivity contribution in [1.82, 2.24) is 0 Å². The molecule has 0 heterocycles. The molecule has 33 heavy (non-hydrogen) atoms. The number of carbonyl (C=O) groups excluding carboxylic acids is 1. The molecule has 0 radical (unpaired) electrons. The maximum atomic E-state index is 12.3. The molecule has 0 saturated heterocycles. The van der Waals surface area contributed by atoms with E-state index in [4.69, 9.17) is 9.47 Å². The number of aryl methyl sites for hydroxylation is 2. The van der Waals surface area contributed by atoms with Gasteiger partial charge in [0, 0.05) is 17.1 Å². The van der Waals surface area contributed by atoms with Crippen LogP contribution >= 0.6 is 27.7 Å². The van der Waals surface area contributed by atoms with Gasteiger partial charge >= 0.3 is 12.3 Å². The first-order valence-corrected chi connectivity index (χ1v) is 12.5. The van der Waals surface area contributed by atoms with E-state index >= 15 is 0 Å². The largest absolute Gasteiger partial charge is 0.573 e. The molecule has 1 atom stereocenters. The van der Waals surface area contributed by atoms with Crippen molar-refractivity contribution < 1.29 is 32.2 Å². The Morgan fingerprint density at radius 3 is 2.52 bits per heavy atom. The van der Waals surface area contributed by atoms with Gasteiger partial charge in [-0.2, -0.15) is 0 Å². The summed E-state index contributed by atoms with van der Waals surface area (Å²) >= 11 is 4.95. The van der Waals surface area contributed by atoms with E-state index in [0.29, 0.717) is 29.7 Å². The Hall–Kier alpha value is -1.87. The maximum Gasteiger partial charge on any atom is 0.573 e. The van der Waals surface area contributed by atoms with Crippen molar-refractivity contribution in [2.45, 2.75) is 63.8 Å². The number of halogens is 4. The van der Waals surface area contributed by atoms with Gasteiger partial charge in [0.05, 0.1) is 17.2 Å². The molecule has 4 nitrogen and oxygen atoms in total. The number of rotatable bonds is 12. The van der Waals surface area contributed by atoms with E-state index in [-0.39, 0.29) is 17.8 Å². The zero-order valence-electron chi connectivity index (χ0n) is 18.8. The molecule has 0 unspecified atom stereocenters. The van der Waals surface area contributed by atoms with Crippen molar-refractivity contribution >= 4 is 33.7 Å². The Morgan fingerprint density at radius 1 is 1.12 bits per heavy atom. The summed E-state index contributed by atoms with van der Waals surface area (Å²) in [6.45, 7) is 6.21. The van der Waals surface area contributed by atoms with Gasteiger partial charge in [0.2, 0.25) is 0 Å². The molecule has 0 aliphatic rings. The molecule has 0 N–H and O–H groups in total. The summed E-state index contributed by atoms with van der Waals surface area (Å²) < 4.78 is 52.2. The summed E-state index contributed by atoms with van der Waals surface area (Å²) in [6.07, 6.45) is -2.18. The summed E-state index contributed by atoms with van der Waals surface area (Å²) in [5, 5.41) is 0. The van der Waals surface area contributed by atoms with Crippen LogP contribution < -0.4 is 9.47 Å². The summed E-state index contributed by atoms with van der Waals surface area (Å²) in [5.74, 6) is 0.795. The molecule has 2 aromatic rings. The number of ether oxygens (including phenoxy) is 3. The molecular formula is C24H28BrF3O4S. The number of hydrogen-bond donors (Lipinski definition) is 0. The van der Waals surface area contributed by atoms with Crippen LogP contribution in [0, 0.1) is 0 Å². The molecule has 0 aliphatic heterocycles. The lowest BCUT2D eigenvalue weighted by Crippen LogP contribution is -2.17. The lowest BCUT2D eigenvalue weighted by molar-refractivity contribution is -0.274. The standard InChI is InChI=1S/C24H28BrF3O4S/c1-4-17-14-20(9-6-18(17)7-11-23(29)30-5-2)33-13-12-16(3)31-22-10-8-19(15-21(22)25)32-24(26,27)28/h6,8-10,14-16H,4-5,7,11-13H2,1-3H3/t16-/m0/s1. The Labute approximate surface area is 205 Å². The Morgan fingerprint density at radius 2 is 1.88 bits per heavy atom. The average Bonchev–Trinajstić information content (AvgIpc) is 2.73. The minimum Gasteiger partial charge on any atom is -0.490 e. The number of hydrogen-bond acceptors (Lipinski definition) is 5. The van der Waals surface area contributed by atoms with E-state index in [0.717, 1.165) is 29.1 Å². The van der Waals surface area contributed by atoms with Crippen molar-refractivity contribution in [2.75, 3.05) is 12.4 Å². The second kappa shape index (κ2) is 13.1. The smallest absolute Gasteiger partial charge is 0.490 e. The highest BCUT2D eigenvalue weighted by Gasteiger charge is 2.31. The minimum absolute atomic E-state index is 0.127. The van der Waals surface area contributed by atoms with E-state index in [1.807, 2.05) is 6.92 Å². The van der Waals surface area contributed by atoms with Gasteiger partial charge in [-0.3, -0.25) is 4.79 Å². The number of carbonyl (C=O) groups is 1. The highest BCUT2D eigenvalue weighted by molar-refractivity contribution is 9.10. The predicted molar refractivity (Wildman–Crippen MR) is 127 cm³/mol. The Balaban J connectivity index is 1.85. The van der Waals surface area contributed by atoms with Gasteiger partial charge in [0.1, 0.15) is 11.5 Å². The number of benzene rings is 2. The van der Waals surface area contributed by atoms with Crippen LogP contribution in [-0.2, 0) is 22.4 Å². The van der Waals surface area contributed by atoms with E-state index in [9.17, 15) is 18.0 Å². The Bertz CT molecular complexity index is 921. The summed E-state index contributed by atoms with van der Waals surface area (Å²) in [5.41, 5.74) is 2.38. The molecular weight excluding hydrogens is 521 g/mol. The average molecular weight is 549 g/mol. The molecule has 0 saturated carbocycles. The molecule has 2 aromatic carbocycles. The van der Waals surface area contributed by atoms with Gasteiger partial charge in [-0.25, -0.2) is 0 Å². The van der Waals surface area contributed by atoms with Crippen LogP contribution in [0.1, 0.15) is 44.7 Å². The number of esters is 1. The van der Waals surface area contributed by atoms with Crippen LogP contribution in [0.3, 0.4) is 0 Å². The maximum absolute atomic E-state index is 12.3. The lowest BCUT2D eigenvalue weighted by Gasteiger charge is -2.17. The van der Waals surface area contributed by atoms with Crippen molar-refractivity contribution in [2.24, 2.45) is 0 Å². The number of alkyl halides is 3. The fourth-order valence-electron chi connectivity index (χ4n) is 3.13. The van der Waals surface area contributed by atoms with Crippen LogP contribution in [0.15, 0.2) is 45.8 Å². The van der Waals surface area contributed by atoms with Gasteiger partial charge in [0.15, 0.2) is 0 Å². The van der Waals surface area contributed by atoms with Gasteiger partial charge < -0.3 is 14.2 Å². The third kappa shape index (κ3) is 9.88. The van der Waals surface area contributed by atoms with E-state index in [2.05, 4.69) is 45.8 Å². The van der Waals surface area contributed by atoms with Gasteiger partial charge in [-0.05, 0) is 90.5 Å². The van der Waals surface area contributed by atoms with Crippen LogP contribution in [0.4, 0.5) is 13.2 Å². The fourth-order valence-corrected chi connectivity index (χ4v) is 4.65. The highest BCUT2D eigenvalue weighted by atomic mass is 79.9. The monoisotopic (exact) mass is 548 g/mol. The fraction of sp³-hybridized carbons (Fsp3) is 0.458. The van der Waals surface area contributed by atoms with Crippen molar-refractivity contribution in [3.63, 3.8) is 0 Å². The first-order valence-electron chi connectivity index (χ1n) is 10.7. The summed E-state index contributed by atoms with van der Waals surface area (Å²) in [7, 11) is 0. The quantitative estimate of drug-likeness (QED) is 0.205. The second-order valence-corrected chi connectivity index (χ2v) is 9.32. The molecule has 0 bridgehead atoms. The molecule has 0 spiro atoms. The highest BCUT2D eigenvalue weighted by Crippen LogP contribution is 2.33. The van der Waals surface area contributed by atoms with Crippen LogP contribution in [-0.4, -0.2) is 30.8 Å². The zero-order valence-corrected chi connectivity index (χ0v) is 21.2. The van der Waals surface area contributed by atoms with Gasteiger partial charge in [0.25, 0.3) is 0 Å². The lowest BCUT2D eigenvalue weighted by atomic mass is 10.0. The molecule has 2 rings (SSSR count). The van der Waals surface area contributed by atoms with E-state index in [1.54, 1.807) is 18.7 Å². The predicted octanol–water partition coefficient (Wildman–Crippen LogP) is 7.36. The minimum atomic E-state index is -4.73. The second-order valence-electron chi connectivity index (χ2n) is 7.29. The first kappa shape index (κ1) is 27.4. The zero-order chi connectivity index (χ0) is 24.4. The SMILES string of the molecule is CCOC(=O)CCc1ccc(SCC[C@H](C)Oc2ccc(OC(F)(F)F)cc2Br)cc1CC. The Kier molecular flexibility index (Phi) is 10.9. The van der Waals surface area contributed by atoms with Crippen LogP contribution in [0.25, 0.3) is 0 Å². The van der Waals surface area contributed by atoms with Gasteiger partial charge in [-0.1, -0.05) is 13.0 Å². The molecule has 0 amide bonds. The topological polar surface area (TPSA) is 44.8 Å². The summed E-state index contributed by atoms with van der Waals surface area (Å²) in [4.78, 5) is 12.8. The van der Waals surface area contributed by atoms with Crippen molar-refractivity contribution in [1.29, 1.82) is 0 Å². The first-order chi connectivity index (χ1) is 15.6. The van der Waals surface area contributed by atoms with Crippen LogP contribution in [0.5, 0.6) is 11.5 Å². The van der Waals surface area contributed by atoms with E-state index < -0.39 is 6.36 Å². The number of thioether (sulfide) groups is 1. The molecule has 0 aromatic heterocycles. The van der Waals surface area contributed by atoms with Crippen molar-refractivity contribution in [3.8, 4) is 11.5 Å². The third-order valence-corrected chi connectivity index (χ3v) is 6.37. The molecule has 0 fully saturated rings. The van der Waals surface area contributed by atoms with Crippen LogP contribution in [0.2, 0.25) is 0 Å². The summed E-state index contributed by atoms with van der Waals surface area (Å²) in [6, 6.07) is 10.2. The molecule has 0 aliphatic carbocycles. The van der Waals surface area contributed by atoms with E-state index in [1.165, 1.54) is 23.8 Å². The van der Waals surface area contributed by atoms with Crippen molar-refractivity contribution in [3.05, 3.63) is 52.0 Å². The molecule has 182 valence electrons. The molecule has 9 heteroatoms.